The zero-order valence-electron chi connectivity index (χ0n) is 13.2. The fraction of sp³-hybridized carbons (Fsp3) is 0.600. The van der Waals surface area contributed by atoms with Crippen LogP contribution in [0.2, 0.25) is 14.8 Å². The molecule has 2 nitrogen and oxygen atoms in total. The molecule has 0 atom stereocenters. The fourth-order valence-corrected chi connectivity index (χ4v) is 5.54. The van der Waals surface area contributed by atoms with Crippen LogP contribution in [0.3, 0.4) is 0 Å². The van der Waals surface area contributed by atoms with Crippen LogP contribution < -0.4 is 9.04 Å². The van der Waals surface area contributed by atoms with Crippen LogP contribution in [0.4, 0.5) is 0 Å². The Morgan fingerprint density at radius 3 is 1.95 bits per heavy atom. The minimum absolute atomic E-state index is 0.237. The summed E-state index contributed by atoms with van der Waals surface area (Å²) in [5, 5.41) is 0. The van der Waals surface area contributed by atoms with Crippen LogP contribution in [0.25, 0.3) is 0 Å². The van der Waals surface area contributed by atoms with Crippen LogP contribution in [0.15, 0.2) is 24.3 Å². The molecule has 0 saturated carbocycles. The molecule has 0 N–H and O–H groups in total. The molecule has 0 radical (unpaired) electrons. The molecule has 4 heteroatoms. The second-order valence-electron chi connectivity index (χ2n) is 7.46. The van der Waals surface area contributed by atoms with E-state index in [1.54, 1.807) is 0 Å². The Hall–Kier alpha value is 0.00364. The van der Waals surface area contributed by atoms with Crippen molar-refractivity contribution in [2.45, 2.75) is 53.7 Å². The van der Waals surface area contributed by atoms with Crippen molar-refractivity contribution >= 4 is 34.5 Å². The van der Waals surface area contributed by atoms with Crippen molar-refractivity contribution in [3.8, 4) is 0 Å². The molecule has 0 spiro atoms. The van der Waals surface area contributed by atoms with Crippen LogP contribution >= 0.6 is 0 Å². The van der Waals surface area contributed by atoms with Crippen molar-refractivity contribution in [2.75, 3.05) is 0 Å². The number of benzene rings is 1. The Kier molecular flexibility index (Phi) is 3.87. The summed E-state index contributed by atoms with van der Waals surface area (Å²) >= 11 is -2.03. The number of rotatable bonds is 2. The first-order valence-corrected chi connectivity index (χ1v) is 17.0. The molecule has 0 amide bonds. The molecule has 19 heavy (non-hydrogen) atoms. The van der Waals surface area contributed by atoms with Crippen molar-refractivity contribution in [1.29, 1.82) is 0 Å². The van der Waals surface area contributed by atoms with Crippen LogP contribution in [0, 0.1) is 0 Å². The van der Waals surface area contributed by atoms with Gasteiger partial charge in [0.2, 0.25) is 0 Å². The van der Waals surface area contributed by atoms with Crippen LogP contribution in [0.5, 0.6) is 0 Å². The topological polar surface area (TPSA) is 18.5 Å². The Morgan fingerprint density at radius 1 is 0.947 bits per heavy atom. The molecule has 104 valence electrons. The first-order chi connectivity index (χ1) is 8.53. The zero-order chi connectivity index (χ0) is 14.5. The third-order valence-corrected chi connectivity index (χ3v) is 10.1. The summed E-state index contributed by atoms with van der Waals surface area (Å²) in [6, 6.07) is 8.80. The Morgan fingerprint density at radius 2 is 1.47 bits per heavy atom. The maximum atomic E-state index is 6.12. The second-order valence-corrected chi connectivity index (χ2v) is 22.0. The molecule has 0 unspecified atom stereocenters. The van der Waals surface area contributed by atoms with Gasteiger partial charge in [-0.1, -0.05) is 0 Å². The van der Waals surface area contributed by atoms with Gasteiger partial charge in [-0.05, 0) is 0 Å². The van der Waals surface area contributed by atoms with E-state index in [0.717, 1.165) is 5.46 Å². The SMILES string of the molecule is CC1(C)OB(c2ccc[c]([Sn]([CH3])([CH3])[CH3])c2)OC1(C)C. The molecule has 1 aliphatic rings. The summed E-state index contributed by atoms with van der Waals surface area (Å²) in [6.07, 6.45) is 0. The molecule has 2 rings (SSSR count). The summed E-state index contributed by atoms with van der Waals surface area (Å²) < 4.78 is 13.8. The van der Waals surface area contributed by atoms with Gasteiger partial charge in [-0.3, -0.25) is 0 Å². The first-order valence-electron chi connectivity index (χ1n) is 6.99. The molecule has 1 aromatic rings. The minimum atomic E-state index is -2.03. The molecule has 0 bridgehead atoms. The zero-order valence-corrected chi connectivity index (χ0v) is 16.1. The predicted octanol–water partition coefficient (Wildman–Crippen LogP) is 2.53. The molecule has 1 heterocycles. The van der Waals surface area contributed by atoms with Crippen molar-refractivity contribution in [3.05, 3.63) is 24.3 Å². The molecule has 1 fully saturated rings. The summed E-state index contributed by atoms with van der Waals surface area (Å²) in [4.78, 5) is 7.29. The van der Waals surface area contributed by atoms with Crippen molar-refractivity contribution in [1.82, 2.24) is 0 Å². The standard InChI is InChI=1S/C12H16BO2.3CH3.Sn/c1-11(2)12(3,4)15-13(14-11)10-8-6-5-7-9-10;;;;/h5-6,8-9H,1-4H3;3*1H3;. The molecule has 1 aromatic carbocycles. The van der Waals surface area contributed by atoms with Gasteiger partial charge in [0.05, 0.1) is 0 Å². The summed E-state index contributed by atoms with van der Waals surface area (Å²) in [7, 11) is -0.237. The van der Waals surface area contributed by atoms with Gasteiger partial charge in [0.25, 0.3) is 0 Å². The summed E-state index contributed by atoms with van der Waals surface area (Å²) in [5.41, 5.74) is 0.625. The van der Waals surface area contributed by atoms with E-state index in [1.165, 1.54) is 3.58 Å². The van der Waals surface area contributed by atoms with E-state index in [-0.39, 0.29) is 18.3 Å². The van der Waals surface area contributed by atoms with E-state index in [2.05, 4.69) is 66.8 Å². The third-order valence-electron chi connectivity index (χ3n) is 4.28. The maximum absolute atomic E-state index is 6.12. The average molecular weight is 367 g/mol. The van der Waals surface area contributed by atoms with Crippen molar-refractivity contribution < 1.29 is 9.31 Å². The van der Waals surface area contributed by atoms with Gasteiger partial charge in [-0.25, -0.2) is 0 Å². The quantitative estimate of drug-likeness (QED) is 0.749. The van der Waals surface area contributed by atoms with E-state index < -0.39 is 18.4 Å². The molecular formula is C15H25BO2Sn. The van der Waals surface area contributed by atoms with Crippen LogP contribution in [0.1, 0.15) is 27.7 Å². The fourth-order valence-electron chi connectivity index (χ4n) is 2.13. The van der Waals surface area contributed by atoms with Crippen molar-refractivity contribution in [3.63, 3.8) is 0 Å². The van der Waals surface area contributed by atoms with Gasteiger partial charge in [0.1, 0.15) is 0 Å². The normalized spacial score (nSPS) is 21.7. The molecule has 0 aliphatic carbocycles. The van der Waals surface area contributed by atoms with Gasteiger partial charge in [0.15, 0.2) is 0 Å². The Balaban J connectivity index is 2.30. The van der Waals surface area contributed by atoms with Crippen LogP contribution in [-0.2, 0) is 9.31 Å². The average Bonchev–Trinajstić information content (AvgIpc) is 2.47. The van der Waals surface area contributed by atoms with Crippen LogP contribution in [-0.4, -0.2) is 36.7 Å². The van der Waals surface area contributed by atoms with E-state index in [4.69, 9.17) is 9.31 Å². The Bertz CT molecular complexity index is 461. The van der Waals surface area contributed by atoms with E-state index in [1.807, 2.05) is 0 Å². The van der Waals surface area contributed by atoms with Gasteiger partial charge in [0, 0.05) is 0 Å². The summed E-state index contributed by atoms with van der Waals surface area (Å²) in [6.45, 7) is 8.39. The first kappa shape index (κ1) is 15.4. The van der Waals surface area contributed by atoms with E-state index in [0.29, 0.717) is 0 Å². The molecule has 0 aromatic heterocycles. The van der Waals surface area contributed by atoms with Gasteiger partial charge < -0.3 is 0 Å². The van der Waals surface area contributed by atoms with Crippen molar-refractivity contribution in [2.24, 2.45) is 0 Å². The van der Waals surface area contributed by atoms with E-state index >= 15 is 0 Å². The number of hydrogen-bond acceptors (Lipinski definition) is 2. The van der Waals surface area contributed by atoms with Gasteiger partial charge in [-0.2, -0.15) is 0 Å². The number of hydrogen-bond donors (Lipinski definition) is 0. The summed E-state index contributed by atoms with van der Waals surface area (Å²) in [5.74, 6) is 0. The molecular weight excluding hydrogens is 342 g/mol. The van der Waals surface area contributed by atoms with E-state index in [9.17, 15) is 0 Å². The van der Waals surface area contributed by atoms with Gasteiger partial charge >= 0.3 is 122 Å². The Labute approximate surface area is 121 Å². The molecule has 1 aliphatic heterocycles. The predicted molar refractivity (Wildman–Crippen MR) is 85.1 cm³/mol. The second kappa shape index (κ2) is 4.78. The monoisotopic (exact) mass is 368 g/mol. The third kappa shape index (κ3) is 3.03. The molecule has 1 saturated heterocycles. The van der Waals surface area contributed by atoms with Gasteiger partial charge in [-0.15, -0.1) is 0 Å².